The third-order valence-corrected chi connectivity index (χ3v) is 4.09. The minimum absolute atomic E-state index is 0.0100. The number of hydrogen-bond donors (Lipinski definition) is 1. The van der Waals surface area contributed by atoms with Crippen LogP contribution in [0.3, 0.4) is 0 Å². The SMILES string of the molecule is O=C1C[C@H](c2ccccc2[N+](=O)[O-])c2cc3c(cc2N1)OCO3. The molecular weight excluding hydrogens is 300 g/mol. The Morgan fingerprint density at radius 3 is 2.65 bits per heavy atom. The number of amides is 1. The number of nitrogens with one attached hydrogen (secondary N) is 1. The van der Waals surface area contributed by atoms with E-state index in [2.05, 4.69) is 5.32 Å². The number of para-hydroxylation sites is 1. The van der Waals surface area contributed by atoms with E-state index < -0.39 is 10.8 Å². The first-order valence-electron chi connectivity index (χ1n) is 7.10. The van der Waals surface area contributed by atoms with Gasteiger partial charge in [-0.05, 0) is 11.6 Å². The molecule has 0 unspecified atom stereocenters. The molecule has 0 radical (unpaired) electrons. The van der Waals surface area contributed by atoms with Gasteiger partial charge in [-0.15, -0.1) is 0 Å². The zero-order chi connectivity index (χ0) is 16.0. The fourth-order valence-corrected chi connectivity index (χ4v) is 3.08. The summed E-state index contributed by atoms with van der Waals surface area (Å²) < 4.78 is 10.7. The van der Waals surface area contributed by atoms with Gasteiger partial charge in [0.2, 0.25) is 12.7 Å². The molecule has 2 aliphatic rings. The van der Waals surface area contributed by atoms with Gasteiger partial charge in [-0.2, -0.15) is 0 Å². The van der Waals surface area contributed by atoms with E-state index >= 15 is 0 Å². The molecule has 0 saturated heterocycles. The maximum atomic E-state index is 12.0. The molecule has 2 aromatic carbocycles. The van der Waals surface area contributed by atoms with Crippen LogP contribution in [-0.2, 0) is 4.79 Å². The standard InChI is InChI=1S/C16H12N2O5/c19-16-6-10(9-3-1-2-4-13(9)18(20)21)11-5-14-15(23-8-22-14)7-12(11)17-16/h1-5,7,10H,6,8H2,(H,17,19)/t10-/m1/s1. The van der Waals surface area contributed by atoms with Crippen LogP contribution in [0, 0.1) is 10.1 Å². The lowest BCUT2D eigenvalue weighted by Crippen LogP contribution is -2.24. The van der Waals surface area contributed by atoms with Crippen molar-refractivity contribution in [3.8, 4) is 11.5 Å². The van der Waals surface area contributed by atoms with Gasteiger partial charge in [0, 0.05) is 35.7 Å². The zero-order valence-corrected chi connectivity index (χ0v) is 11.9. The first-order valence-corrected chi connectivity index (χ1v) is 7.10. The van der Waals surface area contributed by atoms with E-state index in [0.717, 1.165) is 5.56 Å². The summed E-state index contributed by atoms with van der Waals surface area (Å²) in [5, 5.41) is 14.1. The summed E-state index contributed by atoms with van der Waals surface area (Å²) in [7, 11) is 0. The van der Waals surface area contributed by atoms with Gasteiger partial charge >= 0.3 is 0 Å². The maximum Gasteiger partial charge on any atom is 0.273 e. The second kappa shape index (κ2) is 4.98. The van der Waals surface area contributed by atoms with Gasteiger partial charge in [-0.3, -0.25) is 14.9 Å². The summed E-state index contributed by atoms with van der Waals surface area (Å²) in [5.74, 6) is 0.574. The van der Waals surface area contributed by atoms with Crippen LogP contribution in [0.1, 0.15) is 23.5 Å². The number of nitrogens with zero attached hydrogens (tertiary/aromatic N) is 1. The minimum atomic E-state index is -0.422. The number of anilines is 1. The monoisotopic (exact) mass is 312 g/mol. The highest BCUT2D eigenvalue weighted by molar-refractivity contribution is 5.96. The molecule has 0 aromatic heterocycles. The Morgan fingerprint density at radius 1 is 1.13 bits per heavy atom. The normalized spacial score (nSPS) is 18.3. The van der Waals surface area contributed by atoms with Gasteiger partial charge in [0.15, 0.2) is 11.5 Å². The molecule has 2 aliphatic heterocycles. The first-order chi connectivity index (χ1) is 11.1. The van der Waals surface area contributed by atoms with E-state index in [1.807, 2.05) is 0 Å². The summed E-state index contributed by atoms with van der Waals surface area (Å²) in [6.45, 7) is 0.127. The number of rotatable bonds is 2. The van der Waals surface area contributed by atoms with E-state index in [4.69, 9.17) is 9.47 Å². The van der Waals surface area contributed by atoms with Crippen LogP contribution in [0.2, 0.25) is 0 Å². The van der Waals surface area contributed by atoms with Crippen LogP contribution in [0.25, 0.3) is 0 Å². The molecule has 1 N–H and O–H groups in total. The third-order valence-electron chi connectivity index (χ3n) is 4.09. The predicted molar refractivity (Wildman–Crippen MR) is 80.8 cm³/mol. The van der Waals surface area contributed by atoms with Crippen LogP contribution in [0.5, 0.6) is 11.5 Å². The molecule has 2 heterocycles. The van der Waals surface area contributed by atoms with Crippen molar-refractivity contribution >= 4 is 17.3 Å². The lowest BCUT2D eigenvalue weighted by atomic mass is 9.84. The zero-order valence-electron chi connectivity index (χ0n) is 11.9. The second-order valence-corrected chi connectivity index (χ2v) is 5.41. The molecule has 116 valence electrons. The molecule has 0 fully saturated rings. The number of ether oxygens (including phenoxy) is 2. The summed E-state index contributed by atoms with van der Waals surface area (Å²) in [5.41, 5.74) is 1.93. The van der Waals surface area contributed by atoms with Gasteiger partial charge in [0.25, 0.3) is 5.69 Å². The highest BCUT2D eigenvalue weighted by atomic mass is 16.7. The number of hydrogen-bond acceptors (Lipinski definition) is 5. The molecule has 0 saturated carbocycles. The summed E-state index contributed by atoms with van der Waals surface area (Å²) in [6.07, 6.45) is 0.150. The van der Waals surface area contributed by atoms with Gasteiger partial charge in [0.05, 0.1) is 4.92 Å². The van der Waals surface area contributed by atoms with Crippen LogP contribution >= 0.6 is 0 Å². The highest BCUT2D eigenvalue weighted by Gasteiger charge is 2.33. The fraction of sp³-hybridized carbons (Fsp3) is 0.188. The van der Waals surface area contributed by atoms with E-state index in [-0.39, 0.29) is 24.8 Å². The third kappa shape index (κ3) is 2.17. The molecule has 1 atom stereocenters. The van der Waals surface area contributed by atoms with Crippen molar-refractivity contribution in [3.63, 3.8) is 0 Å². The van der Waals surface area contributed by atoms with Crippen molar-refractivity contribution in [1.82, 2.24) is 0 Å². The van der Waals surface area contributed by atoms with Gasteiger partial charge in [-0.1, -0.05) is 18.2 Å². The molecule has 7 nitrogen and oxygen atoms in total. The number of nitro groups is 1. The van der Waals surface area contributed by atoms with Crippen LogP contribution in [0.15, 0.2) is 36.4 Å². The smallest absolute Gasteiger partial charge is 0.273 e. The van der Waals surface area contributed by atoms with Crippen molar-refractivity contribution in [1.29, 1.82) is 0 Å². The molecule has 0 aliphatic carbocycles. The van der Waals surface area contributed by atoms with Crippen LogP contribution < -0.4 is 14.8 Å². The quantitative estimate of drug-likeness (QED) is 0.680. The molecule has 0 spiro atoms. The van der Waals surface area contributed by atoms with Crippen LogP contribution in [0.4, 0.5) is 11.4 Å². The minimum Gasteiger partial charge on any atom is -0.454 e. The number of fused-ring (bicyclic) bond motifs is 2. The van der Waals surface area contributed by atoms with Crippen molar-refractivity contribution in [3.05, 3.63) is 57.6 Å². The molecular formula is C16H12N2O5. The highest BCUT2D eigenvalue weighted by Crippen LogP contribution is 2.46. The largest absolute Gasteiger partial charge is 0.454 e. The Labute approximate surface area is 131 Å². The van der Waals surface area contributed by atoms with Crippen molar-refractivity contribution < 1.29 is 19.2 Å². The van der Waals surface area contributed by atoms with E-state index in [9.17, 15) is 14.9 Å². The molecule has 0 bridgehead atoms. The van der Waals surface area contributed by atoms with Gasteiger partial charge in [0.1, 0.15) is 0 Å². The molecule has 23 heavy (non-hydrogen) atoms. The average Bonchev–Trinajstić information content (AvgIpc) is 2.99. The number of benzene rings is 2. The van der Waals surface area contributed by atoms with Crippen molar-refractivity contribution in [2.24, 2.45) is 0 Å². The summed E-state index contributed by atoms with van der Waals surface area (Å²) >= 11 is 0. The van der Waals surface area contributed by atoms with E-state index in [1.165, 1.54) is 6.07 Å². The summed E-state index contributed by atoms with van der Waals surface area (Å²) in [4.78, 5) is 22.9. The first kappa shape index (κ1) is 13.6. The molecule has 2 aromatic rings. The molecule has 4 rings (SSSR count). The number of nitro benzene ring substituents is 1. The van der Waals surface area contributed by atoms with Crippen molar-refractivity contribution in [2.75, 3.05) is 12.1 Å². The lowest BCUT2D eigenvalue weighted by molar-refractivity contribution is -0.385. The van der Waals surface area contributed by atoms with E-state index in [0.29, 0.717) is 22.7 Å². The Kier molecular flexibility index (Phi) is 2.94. The van der Waals surface area contributed by atoms with Gasteiger partial charge in [-0.25, -0.2) is 0 Å². The molecule has 7 heteroatoms. The number of carbonyl (C=O) groups excluding carboxylic acids is 1. The molecule has 1 amide bonds. The average molecular weight is 312 g/mol. The fourth-order valence-electron chi connectivity index (χ4n) is 3.08. The number of carbonyl (C=O) groups is 1. The Balaban J connectivity index is 1.89. The maximum absolute atomic E-state index is 12.0. The van der Waals surface area contributed by atoms with E-state index in [1.54, 1.807) is 30.3 Å². The second-order valence-electron chi connectivity index (χ2n) is 5.41. The lowest BCUT2D eigenvalue weighted by Gasteiger charge is -2.26. The van der Waals surface area contributed by atoms with Crippen LogP contribution in [-0.4, -0.2) is 17.6 Å². The Hall–Kier alpha value is -3.09. The topological polar surface area (TPSA) is 90.7 Å². The Morgan fingerprint density at radius 2 is 1.87 bits per heavy atom. The summed E-state index contributed by atoms with van der Waals surface area (Å²) in [6, 6.07) is 9.99. The Bertz CT molecular complexity index is 833. The van der Waals surface area contributed by atoms with Crippen molar-refractivity contribution in [2.45, 2.75) is 12.3 Å². The van der Waals surface area contributed by atoms with Gasteiger partial charge < -0.3 is 14.8 Å². The predicted octanol–water partition coefficient (Wildman–Crippen LogP) is 2.80.